The highest BCUT2D eigenvalue weighted by atomic mass is 32.2. The van der Waals surface area contributed by atoms with Gasteiger partial charge in [0.05, 0.1) is 11.3 Å². The number of carbonyl (C=O) groups excluding carboxylic acids is 2. The standard InChI is InChI=1S/C21H17N3O2S/c25-19(23-13-15-7-2-1-3-8-15)14-24-17-10-4-5-11-18(17)27-20-16(21(24)26)9-6-12-22-20/h1-12H,13-14H2,(H,23,25). The summed E-state index contributed by atoms with van der Waals surface area (Å²) in [5, 5.41) is 3.54. The molecule has 5 nitrogen and oxygen atoms in total. The zero-order chi connectivity index (χ0) is 18.6. The predicted molar refractivity (Wildman–Crippen MR) is 105 cm³/mol. The molecular weight excluding hydrogens is 358 g/mol. The highest BCUT2D eigenvalue weighted by Gasteiger charge is 2.29. The molecule has 6 heteroatoms. The number of amides is 2. The van der Waals surface area contributed by atoms with Crippen molar-refractivity contribution in [1.29, 1.82) is 0 Å². The largest absolute Gasteiger partial charge is 0.350 e. The summed E-state index contributed by atoms with van der Waals surface area (Å²) in [5.74, 6) is -0.426. The van der Waals surface area contributed by atoms with Gasteiger partial charge in [0.1, 0.15) is 11.6 Å². The molecular formula is C21H17N3O2S. The molecule has 1 aromatic heterocycles. The van der Waals surface area contributed by atoms with Crippen LogP contribution in [0.15, 0.2) is 82.8 Å². The molecule has 1 aliphatic rings. The number of rotatable bonds is 4. The first kappa shape index (κ1) is 17.3. The Bertz CT molecular complexity index is 991. The Balaban J connectivity index is 1.59. The molecule has 0 radical (unpaired) electrons. The molecule has 0 saturated heterocycles. The topological polar surface area (TPSA) is 62.3 Å². The normalized spacial score (nSPS) is 12.7. The van der Waals surface area contributed by atoms with E-state index in [-0.39, 0.29) is 18.4 Å². The Morgan fingerprint density at radius 1 is 1.00 bits per heavy atom. The van der Waals surface area contributed by atoms with Crippen LogP contribution >= 0.6 is 11.8 Å². The Kier molecular flexibility index (Phi) is 4.89. The summed E-state index contributed by atoms with van der Waals surface area (Å²) in [6.45, 7) is 0.383. The van der Waals surface area contributed by atoms with E-state index in [1.54, 1.807) is 18.3 Å². The molecule has 0 fully saturated rings. The number of benzene rings is 2. The van der Waals surface area contributed by atoms with E-state index in [2.05, 4.69) is 10.3 Å². The van der Waals surface area contributed by atoms with Gasteiger partial charge >= 0.3 is 0 Å². The van der Waals surface area contributed by atoms with Crippen LogP contribution in [0, 0.1) is 0 Å². The quantitative estimate of drug-likeness (QED) is 0.758. The maximum Gasteiger partial charge on any atom is 0.261 e. The van der Waals surface area contributed by atoms with Gasteiger partial charge in [0.15, 0.2) is 0 Å². The van der Waals surface area contributed by atoms with Crippen molar-refractivity contribution >= 4 is 29.3 Å². The number of para-hydroxylation sites is 1. The van der Waals surface area contributed by atoms with Crippen LogP contribution in [0.4, 0.5) is 5.69 Å². The summed E-state index contributed by atoms with van der Waals surface area (Å²) in [4.78, 5) is 32.4. The lowest BCUT2D eigenvalue weighted by molar-refractivity contribution is -0.119. The van der Waals surface area contributed by atoms with Crippen molar-refractivity contribution < 1.29 is 9.59 Å². The van der Waals surface area contributed by atoms with Gasteiger partial charge in [-0.15, -0.1) is 0 Å². The van der Waals surface area contributed by atoms with Crippen molar-refractivity contribution in [2.75, 3.05) is 11.4 Å². The van der Waals surface area contributed by atoms with Gasteiger partial charge in [0.25, 0.3) is 5.91 Å². The lowest BCUT2D eigenvalue weighted by Gasteiger charge is -2.22. The SMILES string of the molecule is O=C(CN1C(=O)c2cccnc2Sc2ccccc21)NCc1ccccc1. The van der Waals surface area contributed by atoms with Crippen molar-refractivity contribution in [3.63, 3.8) is 0 Å². The minimum absolute atomic E-state index is 0.0441. The molecule has 0 saturated carbocycles. The number of pyridine rings is 1. The second-order valence-corrected chi connectivity index (χ2v) is 7.11. The molecule has 1 N–H and O–H groups in total. The van der Waals surface area contributed by atoms with Gasteiger partial charge in [0, 0.05) is 17.6 Å². The molecule has 134 valence electrons. The van der Waals surface area contributed by atoms with Crippen molar-refractivity contribution in [3.8, 4) is 0 Å². The Hall–Kier alpha value is -3.12. The fraction of sp³-hybridized carbons (Fsp3) is 0.0952. The number of anilines is 1. The Labute approximate surface area is 161 Å². The van der Waals surface area contributed by atoms with Crippen molar-refractivity contribution in [2.45, 2.75) is 16.5 Å². The summed E-state index contributed by atoms with van der Waals surface area (Å²) in [7, 11) is 0. The lowest BCUT2D eigenvalue weighted by Crippen LogP contribution is -2.40. The average molecular weight is 375 g/mol. The summed E-state index contributed by atoms with van der Waals surface area (Å²) < 4.78 is 0. The first-order chi connectivity index (χ1) is 13.2. The number of aromatic nitrogens is 1. The van der Waals surface area contributed by atoms with Crippen LogP contribution in [0.25, 0.3) is 0 Å². The highest BCUT2D eigenvalue weighted by Crippen LogP contribution is 2.39. The summed E-state index contributed by atoms with van der Waals surface area (Å²) in [6, 6.07) is 20.7. The van der Waals surface area contributed by atoms with E-state index in [0.29, 0.717) is 17.1 Å². The van der Waals surface area contributed by atoms with Crippen LogP contribution in [-0.4, -0.2) is 23.3 Å². The van der Waals surface area contributed by atoms with Crippen molar-refractivity contribution in [2.24, 2.45) is 0 Å². The molecule has 0 spiro atoms. The molecule has 3 aromatic rings. The maximum atomic E-state index is 13.1. The van der Waals surface area contributed by atoms with Gasteiger partial charge in [-0.1, -0.05) is 54.2 Å². The minimum atomic E-state index is -0.217. The molecule has 27 heavy (non-hydrogen) atoms. The number of nitrogens with one attached hydrogen (secondary N) is 1. The van der Waals surface area contributed by atoms with E-state index < -0.39 is 0 Å². The maximum absolute atomic E-state index is 13.1. The van der Waals surface area contributed by atoms with E-state index in [1.807, 2.05) is 54.6 Å². The number of hydrogen-bond donors (Lipinski definition) is 1. The molecule has 2 aromatic carbocycles. The van der Waals surface area contributed by atoms with E-state index in [1.165, 1.54) is 16.7 Å². The summed E-state index contributed by atoms with van der Waals surface area (Å²) in [6.07, 6.45) is 1.67. The molecule has 2 amide bonds. The first-order valence-electron chi connectivity index (χ1n) is 8.57. The second kappa shape index (κ2) is 7.63. The number of hydrogen-bond acceptors (Lipinski definition) is 4. The van der Waals surface area contributed by atoms with Gasteiger partial charge in [-0.2, -0.15) is 0 Å². The third-order valence-electron chi connectivity index (χ3n) is 4.24. The average Bonchev–Trinajstić information content (AvgIpc) is 2.82. The van der Waals surface area contributed by atoms with Gasteiger partial charge in [-0.05, 0) is 29.8 Å². The van der Waals surface area contributed by atoms with E-state index in [9.17, 15) is 9.59 Å². The van der Waals surface area contributed by atoms with Gasteiger partial charge in [-0.3, -0.25) is 14.5 Å². The third kappa shape index (κ3) is 3.71. The van der Waals surface area contributed by atoms with Crippen molar-refractivity contribution in [1.82, 2.24) is 10.3 Å². The van der Waals surface area contributed by atoms with Crippen LogP contribution in [-0.2, 0) is 11.3 Å². The van der Waals surface area contributed by atoms with E-state index in [4.69, 9.17) is 0 Å². The summed E-state index contributed by atoms with van der Waals surface area (Å²) >= 11 is 1.44. The molecule has 4 rings (SSSR count). The van der Waals surface area contributed by atoms with Crippen LogP contribution in [0.5, 0.6) is 0 Å². The fourth-order valence-electron chi connectivity index (χ4n) is 2.91. The van der Waals surface area contributed by atoms with Crippen LogP contribution in [0.2, 0.25) is 0 Å². The van der Waals surface area contributed by atoms with E-state index >= 15 is 0 Å². The Morgan fingerprint density at radius 2 is 1.78 bits per heavy atom. The third-order valence-corrected chi connectivity index (χ3v) is 5.33. The van der Waals surface area contributed by atoms with Gasteiger partial charge in [-0.25, -0.2) is 4.98 Å². The molecule has 0 aliphatic carbocycles. The minimum Gasteiger partial charge on any atom is -0.350 e. The van der Waals surface area contributed by atoms with Crippen LogP contribution < -0.4 is 10.2 Å². The molecule has 2 heterocycles. The highest BCUT2D eigenvalue weighted by molar-refractivity contribution is 7.99. The number of carbonyl (C=O) groups is 2. The zero-order valence-corrected chi connectivity index (χ0v) is 15.3. The monoisotopic (exact) mass is 375 g/mol. The smallest absolute Gasteiger partial charge is 0.261 e. The van der Waals surface area contributed by atoms with Gasteiger partial charge in [0.2, 0.25) is 5.91 Å². The second-order valence-electron chi connectivity index (χ2n) is 6.08. The predicted octanol–water partition coefficient (Wildman–Crippen LogP) is 3.51. The molecule has 0 unspecified atom stereocenters. The van der Waals surface area contributed by atoms with Gasteiger partial charge < -0.3 is 5.32 Å². The molecule has 0 atom stereocenters. The van der Waals surface area contributed by atoms with Crippen LogP contribution in [0.1, 0.15) is 15.9 Å². The molecule has 0 bridgehead atoms. The number of fused-ring (bicyclic) bond motifs is 2. The van der Waals surface area contributed by atoms with Crippen molar-refractivity contribution in [3.05, 3.63) is 84.1 Å². The lowest BCUT2D eigenvalue weighted by atomic mass is 10.2. The number of nitrogens with zero attached hydrogens (tertiary/aromatic N) is 2. The van der Waals surface area contributed by atoms with Crippen LogP contribution in [0.3, 0.4) is 0 Å². The summed E-state index contributed by atoms with van der Waals surface area (Å²) in [5.41, 5.74) is 2.24. The zero-order valence-electron chi connectivity index (χ0n) is 14.5. The molecule has 1 aliphatic heterocycles. The Morgan fingerprint density at radius 3 is 2.63 bits per heavy atom. The van der Waals surface area contributed by atoms with E-state index in [0.717, 1.165) is 16.1 Å². The fourth-order valence-corrected chi connectivity index (χ4v) is 3.93. The first-order valence-corrected chi connectivity index (χ1v) is 9.38.